The van der Waals surface area contributed by atoms with E-state index >= 15 is 0 Å². The Bertz CT molecular complexity index is 996. The second kappa shape index (κ2) is 6.26. The molecule has 1 amide bonds. The summed E-state index contributed by atoms with van der Waals surface area (Å²) in [5, 5.41) is 17.2. The number of carbonyl (C=O) groups is 1. The first-order chi connectivity index (χ1) is 12.1. The van der Waals surface area contributed by atoms with Crippen LogP contribution in [0.1, 0.15) is 5.56 Å². The lowest BCUT2D eigenvalue weighted by Gasteiger charge is -2.08. The number of nitrogens with zero attached hydrogens (tertiary/aromatic N) is 3. The molecule has 25 heavy (non-hydrogen) atoms. The number of thioether (sulfide) groups is 1. The number of thiazole rings is 1. The molecule has 2 aromatic heterocycles. The third kappa shape index (κ3) is 2.87. The average Bonchev–Trinajstić information content (AvgIpc) is 3.30. The lowest BCUT2D eigenvalue weighted by molar-refractivity contribution is -0.113. The Kier molecular flexibility index (Phi) is 3.94. The van der Waals surface area contributed by atoms with Crippen LogP contribution < -0.4 is 4.90 Å². The molecule has 0 bridgehead atoms. The van der Waals surface area contributed by atoms with Crippen LogP contribution in [0.5, 0.6) is 0 Å². The quantitative estimate of drug-likeness (QED) is 0.687. The number of amidine groups is 1. The van der Waals surface area contributed by atoms with Gasteiger partial charge in [-0.2, -0.15) is 5.10 Å². The van der Waals surface area contributed by atoms with Gasteiger partial charge in [-0.25, -0.2) is 14.3 Å². The van der Waals surface area contributed by atoms with Crippen LogP contribution in [-0.4, -0.2) is 26.3 Å². The summed E-state index contributed by atoms with van der Waals surface area (Å²) in [5.41, 5.74) is 1.89. The highest BCUT2D eigenvalue weighted by Gasteiger charge is 2.35. The van der Waals surface area contributed by atoms with Gasteiger partial charge < -0.3 is 0 Å². The molecule has 9 heteroatoms. The number of amides is 1. The van der Waals surface area contributed by atoms with Crippen LogP contribution >= 0.6 is 23.1 Å². The van der Waals surface area contributed by atoms with Gasteiger partial charge in [-0.1, -0.05) is 12.1 Å². The summed E-state index contributed by atoms with van der Waals surface area (Å²) in [6.45, 7) is 0. The number of aromatic nitrogens is 3. The normalized spacial score (nSPS) is 16.2. The van der Waals surface area contributed by atoms with E-state index in [9.17, 15) is 9.18 Å². The van der Waals surface area contributed by atoms with Crippen LogP contribution in [0.3, 0.4) is 0 Å². The number of halogens is 1. The Labute approximate surface area is 149 Å². The van der Waals surface area contributed by atoms with E-state index < -0.39 is 0 Å². The first-order valence-corrected chi connectivity index (χ1v) is 8.84. The van der Waals surface area contributed by atoms with Crippen LogP contribution in [0.15, 0.2) is 46.9 Å². The molecule has 6 nitrogen and oxygen atoms in total. The minimum Gasteiger partial charge on any atom is -0.278 e. The van der Waals surface area contributed by atoms with E-state index in [0.29, 0.717) is 26.9 Å². The predicted molar refractivity (Wildman–Crippen MR) is 96.9 cm³/mol. The highest BCUT2D eigenvalue weighted by Crippen LogP contribution is 2.36. The molecule has 0 spiro atoms. The third-order valence-electron chi connectivity index (χ3n) is 3.50. The maximum absolute atomic E-state index is 13.5. The molecule has 0 unspecified atom stereocenters. The lowest BCUT2D eigenvalue weighted by Crippen LogP contribution is -2.27. The van der Waals surface area contributed by atoms with Gasteiger partial charge in [0.1, 0.15) is 5.82 Å². The van der Waals surface area contributed by atoms with Gasteiger partial charge >= 0.3 is 0 Å². The number of hydrogen-bond acceptors (Lipinski definition) is 6. The van der Waals surface area contributed by atoms with E-state index in [4.69, 9.17) is 5.41 Å². The summed E-state index contributed by atoms with van der Waals surface area (Å²) < 4.78 is 13.5. The molecular formula is C16H10FN5OS2. The smallest absolute Gasteiger partial charge is 0.273 e. The Morgan fingerprint density at radius 3 is 3.00 bits per heavy atom. The molecule has 1 aliphatic rings. The fraction of sp³-hybridized carbons (Fsp3) is 0. The molecule has 1 fully saturated rings. The zero-order valence-electron chi connectivity index (χ0n) is 12.6. The number of nitrogens with one attached hydrogen (secondary N) is 2. The van der Waals surface area contributed by atoms with Gasteiger partial charge in [0.2, 0.25) is 0 Å². The van der Waals surface area contributed by atoms with Crippen molar-refractivity contribution in [2.24, 2.45) is 0 Å². The number of carbonyl (C=O) groups excluding carboxylic acids is 1. The van der Waals surface area contributed by atoms with E-state index in [0.717, 1.165) is 11.8 Å². The fourth-order valence-corrected chi connectivity index (χ4v) is 3.94. The molecule has 4 rings (SSSR count). The monoisotopic (exact) mass is 371 g/mol. The zero-order valence-corrected chi connectivity index (χ0v) is 14.2. The number of aromatic amines is 1. The topological polar surface area (TPSA) is 85.7 Å². The zero-order chi connectivity index (χ0) is 17.4. The van der Waals surface area contributed by atoms with Gasteiger partial charge in [-0.3, -0.25) is 15.3 Å². The molecule has 2 N–H and O–H groups in total. The molecule has 0 atom stereocenters. The van der Waals surface area contributed by atoms with Crippen molar-refractivity contribution in [2.45, 2.75) is 0 Å². The van der Waals surface area contributed by atoms with E-state index in [-0.39, 0.29) is 16.9 Å². The molecule has 0 aliphatic carbocycles. The minimum atomic E-state index is -0.353. The molecule has 3 aromatic rings. The van der Waals surface area contributed by atoms with Crippen LogP contribution in [0.4, 0.5) is 9.52 Å². The molecule has 0 saturated carbocycles. The molecular weight excluding hydrogens is 361 g/mol. The van der Waals surface area contributed by atoms with Gasteiger partial charge in [-0.15, -0.1) is 11.3 Å². The van der Waals surface area contributed by atoms with Crippen molar-refractivity contribution in [3.8, 4) is 11.3 Å². The molecule has 124 valence electrons. The number of rotatable bonds is 3. The summed E-state index contributed by atoms with van der Waals surface area (Å²) in [6.07, 6.45) is 4.81. The SMILES string of the molecule is N=C1S/C(=C\c2cn[nH]c2-c2cccc(F)c2)C(=O)N1c1nccs1. The largest absolute Gasteiger partial charge is 0.278 e. The minimum absolute atomic E-state index is 0.0991. The first kappa shape index (κ1) is 15.7. The van der Waals surface area contributed by atoms with Crippen molar-refractivity contribution in [3.05, 3.63) is 58.3 Å². The molecule has 0 radical (unpaired) electrons. The fourth-order valence-electron chi connectivity index (χ4n) is 2.41. The number of H-pyrrole nitrogens is 1. The first-order valence-electron chi connectivity index (χ1n) is 7.15. The number of benzene rings is 1. The van der Waals surface area contributed by atoms with Gasteiger partial charge in [0.05, 0.1) is 16.8 Å². The van der Waals surface area contributed by atoms with E-state index in [1.165, 1.54) is 28.4 Å². The van der Waals surface area contributed by atoms with Gasteiger partial charge in [0, 0.05) is 22.7 Å². The van der Waals surface area contributed by atoms with E-state index in [1.807, 2.05) is 0 Å². The van der Waals surface area contributed by atoms with Crippen LogP contribution in [-0.2, 0) is 4.79 Å². The van der Waals surface area contributed by atoms with Crippen LogP contribution in [0.2, 0.25) is 0 Å². The summed E-state index contributed by atoms with van der Waals surface area (Å²) >= 11 is 2.35. The Morgan fingerprint density at radius 2 is 2.24 bits per heavy atom. The van der Waals surface area contributed by atoms with Crippen molar-refractivity contribution >= 4 is 45.4 Å². The Balaban J connectivity index is 1.70. The van der Waals surface area contributed by atoms with Crippen molar-refractivity contribution in [1.29, 1.82) is 5.41 Å². The maximum atomic E-state index is 13.5. The second-order valence-corrected chi connectivity index (χ2v) is 6.99. The highest BCUT2D eigenvalue weighted by atomic mass is 32.2. The molecule has 1 aromatic carbocycles. The standard InChI is InChI=1S/C16H10FN5OS2/c17-11-3-1-2-9(6-11)13-10(8-20-21-13)7-12-14(23)22(15(18)25-12)16-19-4-5-24-16/h1-8,18H,(H,20,21)/b12-7-,18-15?. The highest BCUT2D eigenvalue weighted by molar-refractivity contribution is 8.19. The average molecular weight is 371 g/mol. The number of hydrogen-bond donors (Lipinski definition) is 2. The van der Waals surface area contributed by atoms with Crippen LogP contribution in [0.25, 0.3) is 17.3 Å². The van der Waals surface area contributed by atoms with Gasteiger partial charge in [-0.05, 0) is 30.0 Å². The Hall–Kier alpha value is -2.78. The summed E-state index contributed by atoms with van der Waals surface area (Å²) in [5.74, 6) is -0.662. The summed E-state index contributed by atoms with van der Waals surface area (Å²) in [6, 6.07) is 6.12. The van der Waals surface area contributed by atoms with E-state index in [1.54, 1.807) is 36.0 Å². The lowest BCUT2D eigenvalue weighted by atomic mass is 10.1. The molecule has 1 saturated heterocycles. The molecule has 3 heterocycles. The van der Waals surface area contributed by atoms with E-state index in [2.05, 4.69) is 15.2 Å². The van der Waals surface area contributed by atoms with Crippen molar-refractivity contribution in [1.82, 2.24) is 15.2 Å². The predicted octanol–water partition coefficient (Wildman–Crippen LogP) is 3.73. The number of anilines is 1. The van der Waals surface area contributed by atoms with Gasteiger partial charge in [0.25, 0.3) is 5.91 Å². The van der Waals surface area contributed by atoms with Crippen LogP contribution in [0, 0.1) is 11.2 Å². The van der Waals surface area contributed by atoms with Crippen molar-refractivity contribution in [3.63, 3.8) is 0 Å². The van der Waals surface area contributed by atoms with Crippen molar-refractivity contribution < 1.29 is 9.18 Å². The summed E-state index contributed by atoms with van der Waals surface area (Å²) in [4.78, 5) is 18.4. The Morgan fingerprint density at radius 1 is 1.36 bits per heavy atom. The third-order valence-corrected chi connectivity index (χ3v) is 5.15. The second-order valence-electron chi connectivity index (χ2n) is 5.08. The van der Waals surface area contributed by atoms with Gasteiger partial charge in [0.15, 0.2) is 10.3 Å². The van der Waals surface area contributed by atoms with Crippen molar-refractivity contribution in [2.75, 3.05) is 4.90 Å². The maximum Gasteiger partial charge on any atom is 0.273 e. The summed E-state index contributed by atoms with van der Waals surface area (Å²) in [7, 11) is 0. The molecule has 1 aliphatic heterocycles.